The van der Waals surface area contributed by atoms with Gasteiger partial charge in [-0.05, 0) is 19.3 Å². The summed E-state index contributed by atoms with van der Waals surface area (Å²) in [5.74, 6) is -0.130. The number of aliphatic hydroxyl groups excluding tert-OH is 1. The first-order valence-corrected chi connectivity index (χ1v) is 7.49. The molecule has 0 aliphatic heterocycles. The highest BCUT2D eigenvalue weighted by molar-refractivity contribution is 8.00. The zero-order valence-corrected chi connectivity index (χ0v) is 13.1. The number of aliphatic hydroxyl groups is 1. The number of rotatable bonds is 8. The van der Waals surface area contributed by atoms with Crippen LogP contribution in [-0.4, -0.2) is 47.2 Å². The Balaban J connectivity index is 4.27. The zero-order valence-electron chi connectivity index (χ0n) is 12.3. The molecule has 0 saturated heterocycles. The summed E-state index contributed by atoms with van der Waals surface area (Å²) >= 11 is 1.36. The third-order valence-corrected chi connectivity index (χ3v) is 4.03. The molecule has 0 aliphatic rings. The Morgan fingerprint density at radius 3 is 2.26 bits per heavy atom. The Morgan fingerprint density at radius 1 is 1.26 bits per heavy atom. The van der Waals surface area contributed by atoms with Crippen molar-refractivity contribution in [2.45, 2.75) is 51.5 Å². The predicted molar refractivity (Wildman–Crippen MR) is 77.0 cm³/mol. The van der Waals surface area contributed by atoms with Gasteiger partial charge in [0.25, 0.3) is 0 Å². The topological polar surface area (TPSA) is 75.6 Å². The highest BCUT2D eigenvalue weighted by atomic mass is 32.2. The molecule has 0 aromatic rings. The number of hydrogen-bond acceptors (Lipinski definition) is 5. The largest absolute Gasteiger partial charge is 0.467 e. The Morgan fingerprint density at radius 2 is 1.84 bits per heavy atom. The number of esters is 1. The third-order valence-electron chi connectivity index (χ3n) is 2.68. The lowest BCUT2D eigenvalue weighted by Crippen LogP contribution is -2.43. The van der Waals surface area contributed by atoms with Gasteiger partial charge >= 0.3 is 5.97 Å². The van der Waals surface area contributed by atoms with E-state index in [2.05, 4.69) is 10.1 Å². The van der Waals surface area contributed by atoms with Crippen LogP contribution < -0.4 is 5.32 Å². The lowest BCUT2D eigenvalue weighted by atomic mass is 10.0. The minimum absolute atomic E-state index is 0.0209. The van der Waals surface area contributed by atoms with Crippen LogP contribution in [0.4, 0.5) is 0 Å². The van der Waals surface area contributed by atoms with E-state index >= 15 is 0 Å². The first-order valence-electron chi connectivity index (χ1n) is 6.44. The average Bonchev–Trinajstić information content (AvgIpc) is 2.33. The Labute approximate surface area is 119 Å². The molecule has 0 aromatic carbocycles. The van der Waals surface area contributed by atoms with E-state index in [-0.39, 0.29) is 22.8 Å². The van der Waals surface area contributed by atoms with Gasteiger partial charge in [0.1, 0.15) is 6.04 Å². The number of amides is 1. The maximum absolute atomic E-state index is 11.8. The minimum atomic E-state index is -0.597. The maximum Gasteiger partial charge on any atom is 0.328 e. The fourth-order valence-electron chi connectivity index (χ4n) is 1.41. The second kappa shape index (κ2) is 9.20. The summed E-state index contributed by atoms with van der Waals surface area (Å²) < 4.78 is 4.68. The SMILES string of the molecule is COC(=O)C(CC(C)C)NC(=O)CSC(C)C(C)O. The fraction of sp³-hybridized carbons (Fsp3) is 0.846. The van der Waals surface area contributed by atoms with Gasteiger partial charge < -0.3 is 15.2 Å². The van der Waals surface area contributed by atoms with Crippen molar-refractivity contribution in [3.63, 3.8) is 0 Å². The molecule has 1 amide bonds. The molecular formula is C13H25NO4S. The van der Waals surface area contributed by atoms with Gasteiger partial charge in [-0.3, -0.25) is 4.79 Å². The van der Waals surface area contributed by atoms with Crippen molar-refractivity contribution in [1.82, 2.24) is 5.32 Å². The smallest absolute Gasteiger partial charge is 0.328 e. The Hall–Kier alpha value is -0.750. The molecule has 0 bridgehead atoms. The molecule has 0 heterocycles. The van der Waals surface area contributed by atoms with E-state index in [1.165, 1.54) is 18.9 Å². The van der Waals surface area contributed by atoms with Crippen molar-refractivity contribution in [2.24, 2.45) is 5.92 Å². The molecule has 3 atom stereocenters. The van der Waals surface area contributed by atoms with Crippen LogP contribution in [0.25, 0.3) is 0 Å². The van der Waals surface area contributed by atoms with Crippen LogP contribution in [0.3, 0.4) is 0 Å². The van der Waals surface area contributed by atoms with Crippen LogP contribution in [-0.2, 0) is 14.3 Å². The zero-order chi connectivity index (χ0) is 15.0. The summed E-state index contributed by atoms with van der Waals surface area (Å²) in [6, 6.07) is -0.597. The van der Waals surface area contributed by atoms with Crippen molar-refractivity contribution >= 4 is 23.6 Å². The highest BCUT2D eigenvalue weighted by Gasteiger charge is 2.23. The van der Waals surface area contributed by atoms with Gasteiger partial charge in [0.2, 0.25) is 5.91 Å². The molecule has 0 fully saturated rings. The van der Waals surface area contributed by atoms with Crippen LogP contribution in [0, 0.1) is 5.92 Å². The number of methoxy groups -OCH3 is 1. The quantitative estimate of drug-likeness (QED) is 0.657. The van der Waals surface area contributed by atoms with E-state index in [9.17, 15) is 14.7 Å². The van der Waals surface area contributed by atoms with Gasteiger partial charge in [0, 0.05) is 5.25 Å². The summed E-state index contributed by atoms with van der Waals surface area (Å²) in [6.07, 6.45) is 0.0829. The van der Waals surface area contributed by atoms with Gasteiger partial charge in [-0.2, -0.15) is 0 Å². The van der Waals surface area contributed by atoms with Crippen LogP contribution in [0.5, 0.6) is 0 Å². The number of carbonyl (C=O) groups is 2. The van der Waals surface area contributed by atoms with Gasteiger partial charge in [-0.15, -0.1) is 11.8 Å². The van der Waals surface area contributed by atoms with Gasteiger partial charge in [-0.1, -0.05) is 20.8 Å². The molecule has 0 saturated carbocycles. The number of thioether (sulfide) groups is 1. The van der Waals surface area contributed by atoms with Crippen LogP contribution in [0.1, 0.15) is 34.1 Å². The lowest BCUT2D eigenvalue weighted by Gasteiger charge is -2.19. The number of hydrogen-bond donors (Lipinski definition) is 2. The molecule has 0 aromatic heterocycles. The summed E-state index contributed by atoms with van der Waals surface area (Å²) in [6.45, 7) is 7.50. The molecule has 3 unspecified atom stereocenters. The first-order chi connectivity index (χ1) is 8.77. The molecule has 0 rings (SSSR count). The van der Waals surface area contributed by atoms with Crippen LogP contribution in [0.2, 0.25) is 0 Å². The molecule has 0 radical (unpaired) electrons. The van der Waals surface area contributed by atoms with Crippen molar-refractivity contribution in [3.05, 3.63) is 0 Å². The van der Waals surface area contributed by atoms with Crippen molar-refractivity contribution in [3.8, 4) is 0 Å². The highest BCUT2D eigenvalue weighted by Crippen LogP contribution is 2.14. The van der Waals surface area contributed by atoms with E-state index in [0.717, 1.165) is 0 Å². The van der Waals surface area contributed by atoms with E-state index in [1.54, 1.807) is 6.92 Å². The van der Waals surface area contributed by atoms with Crippen molar-refractivity contribution in [2.75, 3.05) is 12.9 Å². The summed E-state index contributed by atoms with van der Waals surface area (Å²) in [5, 5.41) is 12.0. The van der Waals surface area contributed by atoms with Crippen LogP contribution in [0.15, 0.2) is 0 Å². The molecule has 19 heavy (non-hydrogen) atoms. The minimum Gasteiger partial charge on any atom is -0.467 e. The lowest BCUT2D eigenvalue weighted by molar-refractivity contribution is -0.145. The molecule has 0 aliphatic carbocycles. The molecule has 6 heteroatoms. The summed E-state index contributed by atoms with van der Waals surface area (Å²) in [7, 11) is 1.31. The fourth-order valence-corrected chi connectivity index (χ4v) is 2.19. The average molecular weight is 291 g/mol. The van der Waals surface area contributed by atoms with Gasteiger partial charge in [0.05, 0.1) is 19.0 Å². The first kappa shape index (κ1) is 18.2. The van der Waals surface area contributed by atoms with E-state index in [0.29, 0.717) is 6.42 Å². The Bertz CT molecular complexity index is 294. The standard InChI is InChI=1S/C13H25NO4S/c1-8(2)6-11(13(17)18-5)14-12(16)7-19-10(4)9(3)15/h8-11,15H,6-7H2,1-5H3,(H,14,16). The second-order valence-electron chi connectivity index (χ2n) is 5.03. The van der Waals surface area contributed by atoms with Crippen molar-refractivity contribution in [1.29, 1.82) is 0 Å². The van der Waals surface area contributed by atoms with Crippen molar-refractivity contribution < 1.29 is 19.4 Å². The van der Waals surface area contributed by atoms with Crippen LogP contribution >= 0.6 is 11.8 Å². The molecule has 0 spiro atoms. The number of ether oxygens (including phenoxy) is 1. The summed E-state index contributed by atoms with van der Waals surface area (Å²) in [5.41, 5.74) is 0. The van der Waals surface area contributed by atoms with Gasteiger partial charge in [-0.25, -0.2) is 4.79 Å². The number of carbonyl (C=O) groups excluding carboxylic acids is 2. The molecule has 2 N–H and O–H groups in total. The molecule has 5 nitrogen and oxygen atoms in total. The van der Waals surface area contributed by atoms with Gasteiger partial charge in [0.15, 0.2) is 0 Å². The van der Waals surface area contributed by atoms with E-state index in [4.69, 9.17) is 0 Å². The van der Waals surface area contributed by atoms with E-state index < -0.39 is 18.1 Å². The monoisotopic (exact) mass is 291 g/mol. The third kappa shape index (κ3) is 8.10. The normalized spacial score (nSPS) is 15.7. The molecular weight excluding hydrogens is 266 g/mol. The molecule has 112 valence electrons. The summed E-state index contributed by atoms with van der Waals surface area (Å²) in [4.78, 5) is 23.3. The van der Waals surface area contributed by atoms with E-state index in [1.807, 2.05) is 20.8 Å². The Kier molecular flexibility index (Phi) is 8.84. The maximum atomic E-state index is 11.8. The number of nitrogens with one attached hydrogen (secondary N) is 1. The predicted octanol–water partition coefficient (Wildman–Crippen LogP) is 1.19. The second-order valence-corrected chi connectivity index (χ2v) is 6.40.